The lowest BCUT2D eigenvalue weighted by Gasteiger charge is -2.16. The number of primary amides is 1. The van der Waals surface area contributed by atoms with Crippen LogP contribution in [0.3, 0.4) is 0 Å². The Kier molecular flexibility index (Phi) is 8.24. The number of unbranched alkanes of at least 4 members (excludes halogenated alkanes) is 1. The van der Waals surface area contributed by atoms with E-state index >= 15 is 0 Å². The maximum absolute atomic E-state index is 11.6. The maximum atomic E-state index is 11.6. The monoisotopic (exact) mass is 230 g/mol. The number of hydrogen-bond donors (Lipinski definition) is 4. The van der Waals surface area contributed by atoms with Crippen molar-refractivity contribution >= 4 is 11.9 Å². The highest BCUT2D eigenvalue weighted by Crippen LogP contribution is 2.00. The molecule has 6 heteroatoms. The van der Waals surface area contributed by atoms with E-state index in [2.05, 4.69) is 10.6 Å². The van der Waals surface area contributed by atoms with E-state index in [0.29, 0.717) is 19.5 Å². The number of nitrogens with two attached hydrogens (primary N) is 2. The molecule has 6 N–H and O–H groups in total. The molecule has 0 heterocycles. The summed E-state index contributed by atoms with van der Waals surface area (Å²) in [6, 6.07) is -1.20. The third-order valence-electron chi connectivity index (χ3n) is 2.16. The molecule has 0 radical (unpaired) electrons. The molecule has 0 aliphatic carbocycles. The second-order valence-corrected chi connectivity index (χ2v) is 3.64. The Morgan fingerprint density at radius 3 is 2.50 bits per heavy atom. The number of carbonyl (C=O) groups is 2. The van der Waals surface area contributed by atoms with Gasteiger partial charge in [0.15, 0.2) is 0 Å². The standard InChI is InChI=1S/C10H22N4O2/c1-2-3-5-8(14-10(12)16)9(15)13-7-4-6-11/h8H,2-7,11H2,1H3,(H,13,15)(H3,12,14,16). The highest BCUT2D eigenvalue weighted by atomic mass is 16.2. The molecule has 0 aromatic heterocycles. The molecule has 0 saturated carbocycles. The molecule has 0 bridgehead atoms. The van der Waals surface area contributed by atoms with Gasteiger partial charge in [0.25, 0.3) is 0 Å². The van der Waals surface area contributed by atoms with Crippen LogP contribution in [0.5, 0.6) is 0 Å². The average Bonchev–Trinajstić information content (AvgIpc) is 2.23. The van der Waals surface area contributed by atoms with Gasteiger partial charge in [0, 0.05) is 6.54 Å². The number of hydrogen-bond acceptors (Lipinski definition) is 3. The first-order valence-electron chi connectivity index (χ1n) is 5.65. The van der Waals surface area contributed by atoms with Crippen LogP contribution in [-0.2, 0) is 4.79 Å². The van der Waals surface area contributed by atoms with Crippen LogP contribution in [0.15, 0.2) is 0 Å². The normalized spacial score (nSPS) is 11.9. The van der Waals surface area contributed by atoms with E-state index in [9.17, 15) is 9.59 Å². The van der Waals surface area contributed by atoms with Crippen molar-refractivity contribution in [1.82, 2.24) is 10.6 Å². The summed E-state index contributed by atoms with van der Waals surface area (Å²) in [6.45, 7) is 3.08. The third kappa shape index (κ3) is 7.05. The Balaban J connectivity index is 4.04. The predicted octanol–water partition coefficient (Wildman–Crippen LogP) is -0.321. The number of urea groups is 1. The number of rotatable bonds is 8. The highest BCUT2D eigenvalue weighted by Gasteiger charge is 2.18. The quantitative estimate of drug-likeness (QED) is 0.429. The van der Waals surface area contributed by atoms with Crippen LogP contribution in [0.1, 0.15) is 32.6 Å². The van der Waals surface area contributed by atoms with Crippen molar-refractivity contribution in [3.8, 4) is 0 Å². The fraction of sp³-hybridized carbons (Fsp3) is 0.800. The lowest BCUT2D eigenvalue weighted by molar-refractivity contribution is -0.123. The predicted molar refractivity (Wildman–Crippen MR) is 62.7 cm³/mol. The Morgan fingerprint density at radius 1 is 1.31 bits per heavy atom. The van der Waals surface area contributed by atoms with Crippen molar-refractivity contribution in [2.75, 3.05) is 13.1 Å². The molecule has 1 unspecified atom stereocenters. The summed E-state index contributed by atoms with van der Waals surface area (Å²) in [6.07, 6.45) is 3.17. The van der Waals surface area contributed by atoms with Crippen molar-refractivity contribution in [1.29, 1.82) is 0 Å². The third-order valence-corrected chi connectivity index (χ3v) is 2.16. The summed E-state index contributed by atoms with van der Waals surface area (Å²) >= 11 is 0. The molecule has 0 rings (SSSR count). The van der Waals surface area contributed by atoms with E-state index in [1.807, 2.05) is 6.92 Å². The Morgan fingerprint density at radius 2 is 2.00 bits per heavy atom. The van der Waals surface area contributed by atoms with E-state index in [-0.39, 0.29) is 5.91 Å². The Labute approximate surface area is 96.1 Å². The average molecular weight is 230 g/mol. The van der Waals surface area contributed by atoms with Gasteiger partial charge < -0.3 is 22.1 Å². The van der Waals surface area contributed by atoms with Crippen LogP contribution in [0.2, 0.25) is 0 Å². The molecule has 0 spiro atoms. The molecule has 0 saturated heterocycles. The van der Waals surface area contributed by atoms with Crippen molar-refractivity contribution in [3.63, 3.8) is 0 Å². The molecule has 0 aliphatic rings. The van der Waals surface area contributed by atoms with Gasteiger partial charge in [-0.15, -0.1) is 0 Å². The zero-order valence-electron chi connectivity index (χ0n) is 9.79. The first kappa shape index (κ1) is 14.7. The molecule has 16 heavy (non-hydrogen) atoms. The number of amides is 3. The van der Waals surface area contributed by atoms with E-state index < -0.39 is 12.1 Å². The summed E-state index contributed by atoms with van der Waals surface area (Å²) in [5.41, 5.74) is 10.3. The maximum Gasteiger partial charge on any atom is 0.312 e. The van der Waals surface area contributed by atoms with Crippen LogP contribution in [0.4, 0.5) is 4.79 Å². The van der Waals surface area contributed by atoms with E-state index in [4.69, 9.17) is 11.5 Å². The van der Waals surface area contributed by atoms with Gasteiger partial charge in [-0.25, -0.2) is 4.79 Å². The lowest BCUT2D eigenvalue weighted by Crippen LogP contribution is -2.48. The van der Waals surface area contributed by atoms with E-state index in [1.54, 1.807) is 0 Å². The molecule has 1 atom stereocenters. The minimum absolute atomic E-state index is 0.194. The van der Waals surface area contributed by atoms with Gasteiger partial charge in [0.05, 0.1) is 0 Å². The molecule has 6 nitrogen and oxygen atoms in total. The Bertz CT molecular complexity index is 221. The molecule has 0 aromatic rings. The van der Waals surface area contributed by atoms with Crippen molar-refractivity contribution in [2.24, 2.45) is 11.5 Å². The minimum Gasteiger partial charge on any atom is -0.354 e. The van der Waals surface area contributed by atoms with Gasteiger partial charge in [-0.3, -0.25) is 4.79 Å². The number of carbonyl (C=O) groups excluding carboxylic acids is 2. The molecule has 0 aromatic carbocycles. The molecule has 94 valence electrons. The summed E-state index contributed by atoms with van der Waals surface area (Å²) in [5, 5.41) is 5.15. The largest absolute Gasteiger partial charge is 0.354 e. The van der Waals surface area contributed by atoms with Gasteiger partial charge in [0.1, 0.15) is 6.04 Å². The van der Waals surface area contributed by atoms with Crippen LogP contribution in [0, 0.1) is 0 Å². The van der Waals surface area contributed by atoms with Gasteiger partial charge >= 0.3 is 6.03 Å². The fourth-order valence-electron chi connectivity index (χ4n) is 1.29. The second-order valence-electron chi connectivity index (χ2n) is 3.64. The van der Waals surface area contributed by atoms with E-state index in [0.717, 1.165) is 19.3 Å². The molecule has 0 fully saturated rings. The van der Waals surface area contributed by atoms with Gasteiger partial charge in [-0.2, -0.15) is 0 Å². The smallest absolute Gasteiger partial charge is 0.312 e. The number of nitrogens with one attached hydrogen (secondary N) is 2. The first-order valence-corrected chi connectivity index (χ1v) is 5.65. The molecule has 0 aliphatic heterocycles. The molecular weight excluding hydrogens is 208 g/mol. The van der Waals surface area contributed by atoms with Gasteiger partial charge in [-0.05, 0) is 19.4 Å². The summed E-state index contributed by atoms with van der Waals surface area (Å²) in [7, 11) is 0. The summed E-state index contributed by atoms with van der Waals surface area (Å²) < 4.78 is 0. The topological polar surface area (TPSA) is 110 Å². The fourth-order valence-corrected chi connectivity index (χ4v) is 1.29. The van der Waals surface area contributed by atoms with Gasteiger partial charge in [-0.1, -0.05) is 19.8 Å². The van der Waals surface area contributed by atoms with Crippen LogP contribution < -0.4 is 22.1 Å². The Hall–Kier alpha value is -1.30. The minimum atomic E-state index is -0.671. The molecular formula is C10H22N4O2. The van der Waals surface area contributed by atoms with Crippen molar-refractivity contribution in [3.05, 3.63) is 0 Å². The SMILES string of the molecule is CCCCC(NC(N)=O)C(=O)NCCCN. The van der Waals surface area contributed by atoms with Crippen LogP contribution in [-0.4, -0.2) is 31.1 Å². The first-order chi connectivity index (χ1) is 7.61. The second kappa shape index (κ2) is 8.96. The summed E-state index contributed by atoms with van der Waals surface area (Å²) in [4.78, 5) is 22.4. The van der Waals surface area contributed by atoms with Crippen LogP contribution in [0.25, 0.3) is 0 Å². The molecule has 3 amide bonds. The zero-order valence-corrected chi connectivity index (χ0v) is 9.79. The summed E-state index contributed by atoms with van der Waals surface area (Å²) in [5.74, 6) is -0.194. The van der Waals surface area contributed by atoms with Crippen LogP contribution >= 0.6 is 0 Å². The van der Waals surface area contributed by atoms with Crippen molar-refractivity contribution in [2.45, 2.75) is 38.6 Å². The highest BCUT2D eigenvalue weighted by molar-refractivity contribution is 5.86. The lowest BCUT2D eigenvalue weighted by atomic mass is 10.1. The van der Waals surface area contributed by atoms with Gasteiger partial charge in [0.2, 0.25) is 5.91 Å². The van der Waals surface area contributed by atoms with Crippen molar-refractivity contribution < 1.29 is 9.59 Å². The zero-order chi connectivity index (χ0) is 12.4. The van der Waals surface area contributed by atoms with E-state index in [1.165, 1.54) is 0 Å².